The first-order valence-corrected chi connectivity index (χ1v) is 7.40. The van der Waals surface area contributed by atoms with Crippen LogP contribution in [0.3, 0.4) is 0 Å². The zero-order valence-corrected chi connectivity index (χ0v) is 11.9. The molecule has 20 heavy (non-hydrogen) atoms. The first kappa shape index (κ1) is 13.4. The Morgan fingerprint density at radius 3 is 2.85 bits per heavy atom. The minimum absolute atomic E-state index is 0.246. The summed E-state index contributed by atoms with van der Waals surface area (Å²) in [5.74, 6) is 0.726. The Bertz CT molecular complexity index is 463. The monoisotopic (exact) mass is 274 g/mol. The molecule has 3 atom stereocenters. The van der Waals surface area contributed by atoms with Gasteiger partial charge in [-0.15, -0.1) is 0 Å². The highest BCUT2D eigenvalue weighted by Gasteiger charge is 2.39. The largest absolute Gasteiger partial charge is 0.445 e. The molecule has 1 aliphatic carbocycles. The van der Waals surface area contributed by atoms with Crippen molar-refractivity contribution in [2.75, 3.05) is 13.6 Å². The molecule has 1 N–H and O–H groups in total. The second kappa shape index (κ2) is 5.83. The lowest BCUT2D eigenvalue weighted by Crippen LogP contribution is -2.59. The molecule has 2 bridgehead atoms. The van der Waals surface area contributed by atoms with Crippen LogP contribution in [-0.4, -0.2) is 36.7 Å². The highest BCUT2D eigenvalue weighted by Crippen LogP contribution is 2.34. The molecule has 3 aliphatic rings. The summed E-state index contributed by atoms with van der Waals surface area (Å²) in [6.07, 6.45) is 3.28. The van der Waals surface area contributed by atoms with Gasteiger partial charge in [-0.2, -0.15) is 0 Å². The maximum Gasteiger partial charge on any atom is 0.407 e. The molecule has 4 heteroatoms. The number of nitrogens with one attached hydrogen (secondary N) is 1. The van der Waals surface area contributed by atoms with E-state index in [0.717, 1.165) is 17.9 Å². The molecule has 1 amide bonds. The van der Waals surface area contributed by atoms with Crippen molar-refractivity contribution in [2.45, 2.75) is 38.0 Å². The van der Waals surface area contributed by atoms with Gasteiger partial charge in [-0.1, -0.05) is 30.3 Å². The van der Waals surface area contributed by atoms with E-state index in [2.05, 4.69) is 17.3 Å². The second-order valence-electron chi connectivity index (χ2n) is 6.00. The smallest absolute Gasteiger partial charge is 0.407 e. The normalized spacial score (nSPS) is 29.1. The van der Waals surface area contributed by atoms with Gasteiger partial charge in [0, 0.05) is 18.6 Å². The minimum atomic E-state index is -0.292. The van der Waals surface area contributed by atoms with E-state index < -0.39 is 0 Å². The highest BCUT2D eigenvalue weighted by atomic mass is 16.5. The average Bonchev–Trinajstić information content (AvgIpc) is 2.46. The molecule has 0 aromatic heterocycles. The van der Waals surface area contributed by atoms with Crippen LogP contribution in [0.2, 0.25) is 0 Å². The van der Waals surface area contributed by atoms with Crippen molar-refractivity contribution >= 4 is 6.09 Å². The number of fused-ring (bicyclic) bond motifs is 3. The van der Waals surface area contributed by atoms with Gasteiger partial charge in [-0.05, 0) is 37.8 Å². The third-order valence-electron chi connectivity index (χ3n) is 4.55. The summed E-state index contributed by atoms with van der Waals surface area (Å²) in [6.45, 7) is 1.51. The fraction of sp³-hybridized carbons (Fsp3) is 0.562. The van der Waals surface area contributed by atoms with Crippen molar-refractivity contribution in [3.63, 3.8) is 0 Å². The summed E-state index contributed by atoms with van der Waals surface area (Å²) in [7, 11) is 2.15. The SMILES string of the molecule is CN1CC2CCC1C(NC(=O)OCc1ccccc1)C2. The molecular formula is C16H22N2O2. The number of amides is 1. The molecule has 108 valence electrons. The summed E-state index contributed by atoms with van der Waals surface area (Å²) < 4.78 is 5.31. The number of carbonyl (C=O) groups excluding carboxylic acids is 1. The zero-order valence-electron chi connectivity index (χ0n) is 11.9. The predicted molar refractivity (Wildman–Crippen MR) is 77.3 cm³/mol. The van der Waals surface area contributed by atoms with E-state index in [4.69, 9.17) is 4.74 Å². The average molecular weight is 274 g/mol. The van der Waals surface area contributed by atoms with Crippen LogP contribution >= 0.6 is 0 Å². The van der Waals surface area contributed by atoms with E-state index in [1.54, 1.807) is 0 Å². The van der Waals surface area contributed by atoms with Crippen LogP contribution in [0.5, 0.6) is 0 Å². The van der Waals surface area contributed by atoms with Gasteiger partial charge in [0.2, 0.25) is 0 Å². The van der Waals surface area contributed by atoms with Crippen LogP contribution in [0.1, 0.15) is 24.8 Å². The Balaban J connectivity index is 1.49. The van der Waals surface area contributed by atoms with Crippen molar-refractivity contribution in [3.8, 4) is 0 Å². The molecule has 2 heterocycles. The van der Waals surface area contributed by atoms with Crippen molar-refractivity contribution in [2.24, 2.45) is 5.92 Å². The van der Waals surface area contributed by atoms with Gasteiger partial charge in [0.15, 0.2) is 0 Å². The van der Waals surface area contributed by atoms with Crippen molar-refractivity contribution < 1.29 is 9.53 Å². The number of carbonyl (C=O) groups is 1. The van der Waals surface area contributed by atoms with E-state index in [1.165, 1.54) is 19.4 Å². The summed E-state index contributed by atoms with van der Waals surface area (Å²) in [4.78, 5) is 14.3. The molecule has 1 aromatic rings. The van der Waals surface area contributed by atoms with Crippen molar-refractivity contribution in [3.05, 3.63) is 35.9 Å². The van der Waals surface area contributed by atoms with Crippen LogP contribution in [0.25, 0.3) is 0 Å². The van der Waals surface area contributed by atoms with Gasteiger partial charge >= 0.3 is 6.09 Å². The maximum atomic E-state index is 11.9. The molecule has 3 unspecified atom stereocenters. The number of hydrogen-bond acceptors (Lipinski definition) is 3. The Morgan fingerprint density at radius 1 is 1.35 bits per heavy atom. The van der Waals surface area contributed by atoms with E-state index in [9.17, 15) is 4.79 Å². The molecule has 0 radical (unpaired) electrons. The van der Waals surface area contributed by atoms with Crippen LogP contribution in [0, 0.1) is 5.92 Å². The van der Waals surface area contributed by atoms with Crippen LogP contribution in [0.15, 0.2) is 30.3 Å². The predicted octanol–water partition coefficient (Wildman–Crippen LogP) is 2.40. The summed E-state index contributed by atoms with van der Waals surface area (Å²) in [6, 6.07) is 10.5. The minimum Gasteiger partial charge on any atom is -0.445 e. The van der Waals surface area contributed by atoms with Crippen LogP contribution in [0.4, 0.5) is 4.79 Å². The molecule has 1 saturated carbocycles. The first-order chi connectivity index (χ1) is 9.72. The maximum absolute atomic E-state index is 11.9. The molecular weight excluding hydrogens is 252 g/mol. The first-order valence-electron chi connectivity index (χ1n) is 7.40. The zero-order chi connectivity index (χ0) is 13.9. The second-order valence-corrected chi connectivity index (χ2v) is 6.00. The lowest BCUT2D eigenvalue weighted by Gasteiger charge is -2.48. The Kier molecular flexibility index (Phi) is 3.92. The lowest BCUT2D eigenvalue weighted by molar-refractivity contribution is 0.0366. The van der Waals surface area contributed by atoms with E-state index in [0.29, 0.717) is 12.6 Å². The number of alkyl carbamates (subject to hydrolysis) is 1. The van der Waals surface area contributed by atoms with Crippen molar-refractivity contribution in [1.82, 2.24) is 10.2 Å². The number of ether oxygens (including phenoxy) is 1. The summed E-state index contributed by atoms with van der Waals surface area (Å²) in [5.41, 5.74) is 1.02. The number of benzene rings is 1. The van der Waals surface area contributed by atoms with Gasteiger partial charge in [-0.3, -0.25) is 0 Å². The molecule has 1 aromatic carbocycles. The molecule has 2 saturated heterocycles. The standard InChI is InChI=1S/C16H22N2O2/c1-18-10-13-7-8-15(18)14(9-13)17-16(19)20-11-12-5-3-2-4-6-12/h2-6,13-15H,7-11H2,1H3,(H,17,19). The molecule has 4 rings (SSSR count). The number of rotatable bonds is 3. The van der Waals surface area contributed by atoms with Gasteiger partial charge in [0.25, 0.3) is 0 Å². The van der Waals surface area contributed by atoms with Gasteiger partial charge in [-0.25, -0.2) is 4.79 Å². The Morgan fingerprint density at radius 2 is 2.15 bits per heavy atom. The Labute approximate surface area is 120 Å². The fourth-order valence-electron chi connectivity index (χ4n) is 3.55. The molecule has 0 spiro atoms. The number of piperidine rings is 2. The quantitative estimate of drug-likeness (QED) is 0.920. The third-order valence-corrected chi connectivity index (χ3v) is 4.55. The van der Waals surface area contributed by atoms with Crippen LogP contribution in [-0.2, 0) is 11.3 Å². The molecule has 4 nitrogen and oxygen atoms in total. The topological polar surface area (TPSA) is 41.6 Å². The summed E-state index contributed by atoms with van der Waals surface area (Å²) in [5, 5.41) is 3.05. The molecule has 3 fully saturated rings. The fourth-order valence-corrected chi connectivity index (χ4v) is 3.55. The Hall–Kier alpha value is -1.55. The number of hydrogen-bond donors (Lipinski definition) is 1. The van der Waals surface area contributed by atoms with Crippen molar-refractivity contribution in [1.29, 1.82) is 0 Å². The third kappa shape index (κ3) is 2.96. The highest BCUT2D eigenvalue weighted by molar-refractivity contribution is 5.67. The lowest BCUT2D eigenvalue weighted by atomic mass is 9.77. The van der Waals surface area contributed by atoms with Gasteiger partial charge in [0.05, 0.1) is 0 Å². The molecule has 2 aliphatic heterocycles. The number of nitrogens with zero attached hydrogens (tertiary/aromatic N) is 1. The van der Waals surface area contributed by atoms with E-state index in [1.807, 2.05) is 30.3 Å². The van der Waals surface area contributed by atoms with Gasteiger partial charge < -0.3 is 15.0 Å². The van der Waals surface area contributed by atoms with E-state index in [-0.39, 0.29) is 12.1 Å². The van der Waals surface area contributed by atoms with Crippen LogP contribution < -0.4 is 5.32 Å². The number of likely N-dealkylation sites (N-methyl/N-ethyl adjacent to an activating group) is 1. The van der Waals surface area contributed by atoms with Gasteiger partial charge in [0.1, 0.15) is 6.61 Å². The summed E-state index contributed by atoms with van der Waals surface area (Å²) >= 11 is 0. The van der Waals surface area contributed by atoms with E-state index >= 15 is 0 Å².